The SMILES string of the molecule is Cc1nn(C)c(Oc2cccnc2)c1NC(=O)CN1Cc2ccccc2C1.O=C(O)C(F)(F)F. The van der Waals surface area contributed by atoms with Crippen molar-refractivity contribution < 1.29 is 32.6 Å². The van der Waals surface area contributed by atoms with E-state index in [9.17, 15) is 18.0 Å². The highest BCUT2D eigenvalue weighted by Crippen LogP contribution is 2.31. The van der Waals surface area contributed by atoms with E-state index in [0.29, 0.717) is 29.6 Å². The molecule has 1 aromatic carbocycles. The summed E-state index contributed by atoms with van der Waals surface area (Å²) in [5.41, 5.74) is 3.85. The number of nitrogens with zero attached hydrogens (tertiary/aromatic N) is 4. The Morgan fingerprint density at radius 3 is 2.29 bits per heavy atom. The smallest absolute Gasteiger partial charge is 0.475 e. The Hall–Kier alpha value is -3.93. The summed E-state index contributed by atoms with van der Waals surface area (Å²) in [6, 6.07) is 11.9. The molecule has 1 aliphatic rings. The van der Waals surface area contributed by atoms with Crippen LogP contribution in [-0.4, -0.2) is 49.4 Å². The third-order valence-electron chi connectivity index (χ3n) is 4.80. The Labute approximate surface area is 192 Å². The minimum atomic E-state index is -5.08. The lowest BCUT2D eigenvalue weighted by atomic mass is 10.1. The largest absolute Gasteiger partial charge is 0.490 e. The fourth-order valence-electron chi connectivity index (χ4n) is 3.31. The van der Waals surface area contributed by atoms with Crippen LogP contribution in [0.4, 0.5) is 18.9 Å². The molecule has 0 unspecified atom stereocenters. The zero-order chi connectivity index (χ0) is 24.9. The van der Waals surface area contributed by atoms with E-state index in [1.807, 2.05) is 25.1 Å². The van der Waals surface area contributed by atoms with Gasteiger partial charge in [-0.2, -0.15) is 18.3 Å². The van der Waals surface area contributed by atoms with Gasteiger partial charge in [0, 0.05) is 26.3 Å². The summed E-state index contributed by atoms with van der Waals surface area (Å²) < 4.78 is 39.2. The normalized spacial score (nSPS) is 13.0. The van der Waals surface area contributed by atoms with Gasteiger partial charge in [-0.3, -0.25) is 14.7 Å². The van der Waals surface area contributed by atoms with Crippen molar-refractivity contribution in [3.63, 3.8) is 0 Å². The first-order chi connectivity index (χ1) is 16.0. The number of carboxylic acids is 1. The molecule has 3 heterocycles. The number of benzene rings is 1. The lowest BCUT2D eigenvalue weighted by Crippen LogP contribution is -2.29. The third kappa shape index (κ3) is 6.32. The molecule has 9 nitrogen and oxygen atoms in total. The number of rotatable bonds is 5. The van der Waals surface area contributed by atoms with E-state index in [1.165, 1.54) is 11.1 Å². The second-order valence-corrected chi connectivity index (χ2v) is 7.44. The van der Waals surface area contributed by atoms with Gasteiger partial charge in [0.25, 0.3) is 0 Å². The van der Waals surface area contributed by atoms with Crippen LogP contribution in [0.3, 0.4) is 0 Å². The Balaban J connectivity index is 0.000000406. The molecule has 1 aliphatic heterocycles. The summed E-state index contributed by atoms with van der Waals surface area (Å²) in [6.07, 6.45) is -1.78. The number of aryl methyl sites for hydroxylation is 2. The highest BCUT2D eigenvalue weighted by atomic mass is 19.4. The molecule has 4 rings (SSSR count). The van der Waals surface area contributed by atoms with Crippen LogP contribution in [0.1, 0.15) is 16.8 Å². The fraction of sp³-hybridized carbons (Fsp3) is 0.273. The minimum Gasteiger partial charge on any atom is -0.475 e. The Morgan fingerprint density at radius 1 is 1.15 bits per heavy atom. The Kier molecular flexibility index (Phi) is 7.51. The van der Waals surface area contributed by atoms with Gasteiger partial charge in [0.05, 0.1) is 18.4 Å². The molecule has 1 amide bonds. The van der Waals surface area contributed by atoms with Crippen molar-refractivity contribution in [2.45, 2.75) is 26.2 Å². The second kappa shape index (κ2) is 10.3. The number of amides is 1. The molecule has 0 spiro atoms. The number of fused-ring (bicyclic) bond motifs is 1. The maximum Gasteiger partial charge on any atom is 0.490 e. The number of aromatic nitrogens is 3. The molecule has 0 saturated carbocycles. The van der Waals surface area contributed by atoms with Crippen molar-refractivity contribution in [3.8, 4) is 11.6 Å². The summed E-state index contributed by atoms with van der Waals surface area (Å²) in [4.78, 5) is 27.7. The summed E-state index contributed by atoms with van der Waals surface area (Å²) in [5.74, 6) is -1.77. The van der Waals surface area contributed by atoms with Crippen LogP contribution in [0.25, 0.3) is 0 Å². The summed E-state index contributed by atoms with van der Waals surface area (Å²) in [5, 5.41) is 14.5. The maximum atomic E-state index is 12.6. The average molecular weight is 477 g/mol. The van der Waals surface area contributed by atoms with Gasteiger partial charge < -0.3 is 15.2 Å². The Morgan fingerprint density at radius 2 is 1.76 bits per heavy atom. The molecular formula is C22H22F3N5O4. The predicted molar refractivity (Wildman–Crippen MR) is 115 cm³/mol. The number of hydrogen-bond donors (Lipinski definition) is 2. The quantitative estimate of drug-likeness (QED) is 0.579. The van der Waals surface area contributed by atoms with Gasteiger partial charge in [0.2, 0.25) is 11.8 Å². The van der Waals surface area contributed by atoms with Crippen molar-refractivity contribution >= 4 is 17.6 Å². The summed E-state index contributed by atoms with van der Waals surface area (Å²) in [7, 11) is 1.78. The van der Waals surface area contributed by atoms with Crippen LogP contribution < -0.4 is 10.1 Å². The highest BCUT2D eigenvalue weighted by Gasteiger charge is 2.38. The summed E-state index contributed by atoms with van der Waals surface area (Å²) in [6.45, 7) is 3.73. The fourth-order valence-corrected chi connectivity index (χ4v) is 3.31. The van der Waals surface area contributed by atoms with Gasteiger partial charge in [-0.25, -0.2) is 9.48 Å². The number of ether oxygens (including phenoxy) is 1. The molecule has 34 heavy (non-hydrogen) atoms. The monoisotopic (exact) mass is 477 g/mol. The molecule has 180 valence electrons. The van der Waals surface area contributed by atoms with Crippen LogP contribution in [-0.2, 0) is 29.7 Å². The van der Waals surface area contributed by atoms with Gasteiger partial charge in [0.15, 0.2) is 0 Å². The molecule has 12 heteroatoms. The number of carboxylic acid groups (broad SMARTS) is 1. The van der Waals surface area contributed by atoms with E-state index < -0.39 is 12.1 Å². The highest BCUT2D eigenvalue weighted by molar-refractivity contribution is 5.94. The number of aliphatic carboxylic acids is 1. The standard InChI is InChI=1S/C20H21N5O2.C2HF3O2/c1-14-19(20(24(2)23-14)27-17-8-5-9-21-10-17)22-18(26)13-25-11-15-6-3-4-7-16(15)12-25;3-2(4,5)1(6)7/h3-10H,11-13H2,1-2H3,(H,22,26);(H,6,7). The van der Waals surface area contributed by atoms with Crippen molar-refractivity contribution in [2.75, 3.05) is 11.9 Å². The molecule has 2 N–H and O–H groups in total. The molecule has 0 fully saturated rings. The summed E-state index contributed by atoms with van der Waals surface area (Å²) >= 11 is 0. The molecular weight excluding hydrogens is 455 g/mol. The minimum absolute atomic E-state index is 0.0880. The van der Waals surface area contributed by atoms with E-state index in [4.69, 9.17) is 14.6 Å². The lowest BCUT2D eigenvalue weighted by molar-refractivity contribution is -0.192. The third-order valence-corrected chi connectivity index (χ3v) is 4.80. The molecule has 0 radical (unpaired) electrons. The second-order valence-electron chi connectivity index (χ2n) is 7.44. The van der Waals surface area contributed by atoms with Crippen LogP contribution >= 0.6 is 0 Å². The zero-order valence-electron chi connectivity index (χ0n) is 18.3. The van der Waals surface area contributed by atoms with Crippen LogP contribution in [0.2, 0.25) is 0 Å². The van der Waals surface area contributed by atoms with Crippen molar-refractivity contribution in [2.24, 2.45) is 7.05 Å². The van der Waals surface area contributed by atoms with Crippen molar-refractivity contribution in [1.29, 1.82) is 0 Å². The average Bonchev–Trinajstić information content (AvgIpc) is 3.29. The number of carbonyl (C=O) groups is 2. The van der Waals surface area contributed by atoms with E-state index in [2.05, 4.69) is 32.4 Å². The molecule has 0 bridgehead atoms. The van der Waals surface area contributed by atoms with E-state index in [1.54, 1.807) is 30.2 Å². The number of halogens is 3. The first-order valence-corrected chi connectivity index (χ1v) is 10.0. The van der Waals surface area contributed by atoms with Crippen molar-refractivity contribution in [3.05, 3.63) is 65.6 Å². The number of pyridine rings is 1. The van der Waals surface area contributed by atoms with E-state index in [0.717, 1.165) is 13.1 Å². The first kappa shape index (κ1) is 24.7. The molecule has 3 aromatic rings. The van der Waals surface area contributed by atoms with Gasteiger partial charge in [-0.1, -0.05) is 24.3 Å². The first-order valence-electron chi connectivity index (χ1n) is 10.0. The maximum absolute atomic E-state index is 12.6. The molecule has 0 atom stereocenters. The molecule has 0 aliphatic carbocycles. The van der Waals surface area contributed by atoms with E-state index >= 15 is 0 Å². The van der Waals surface area contributed by atoms with Gasteiger partial charge in [0.1, 0.15) is 11.4 Å². The van der Waals surface area contributed by atoms with E-state index in [-0.39, 0.29) is 5.91 Å². The number of carbonyl (C=O) groups excluding carboxylic acids is 1. The number of alkyl halides is 3. The molecule has 0 saturated heterocycles. The van der Waals surface area contributed by atoms with Crippen LogP contribution in [0.15, 0.2) is 48.8 Å². The number of anilines is 1. The topological polar surface area (TPSA) is 110 Å². The lowest BCUT2D eigenvalue weighted by Gasteiger charge is -2.15. The van der Waals surface area contributed by atoms with Crippen LogP contribution in [0, 0.1) is 6.92 Å². The predicted octanol–water partition coefficient (Wildman–Crippen LogP) is 3.50. The van der Waals surface area contributed by atoms with Gasteiger partial charge >= 0.3 is 12.1 Å². The zero-order valence-corrected chi connectivity index (χ0v) is 18.3. The Bertz CT molecular complexity index is 1140. The van der Waals surface area contributed by atoms with Crippen LogP contribution in [0.5, 0.6) is 11.6 Å². The van der Waals surface area contributed by atoms with Crippen molar-refractivity contribution in [1.82, 2.24) is 19.7 Å². The number of nitrogens with one attached hydrogen (secondary N) is 1. The van der Waals surface area contributed by atoms with Gasteiger partial charge in [-0.15, -0.1) is 0 Å². The van der Waals surface area contributed by atoms with Gasteiger partial charge in [-0.05, 0) is 30.2 Å². The molecule has 2 aromatic heterocycles. The number of hydrogen-bond acceptors (Lipinski definition) is 6.